The van der Waals surface area contributed by atoms with Gasteiger partial charge in [0.25, 0.3) is 0 Å². The Labute approximate surface area is 125 Å². The van der Waals surface area contributed by atoms with Gasteiger partial charge in [0.05, 0.1) is 11.6 Å². The van der Waals surface area contributed by atoms with Crippen molar-refractivity contribution in [3.8, 4) is 5.82 Å². The van der Waals surface area contributed by atoms with E-state index in [0.717, 1.165) is 22.6 Å². The zero-order valence-corrected chi connectivity index (χ0v) is 11.5. The van der Waals surface area contributed by atoms with E-state index in [-0.39, 0.29) is 0 Å². The average Bonchev–Trinajstić information content (AvgIpc) is 3.24. The van der Waals surface area contributed by atoms with Crippen molar-refractivity contribution in [1.82, 2.24) is 34.7 Å². The molecule has 2 N–H and O–H groups in total. The Balaban J connectivity index is 1.57. The number of anilines is 1. The molecular formula is C14H12N8. The summed E-state index contributed by atoms with van der Waals surface area (Å²) in [5.41, 5.74) is 1.81. The number of hydrogen-bond acceptors (Lipinski definition) is 6. The molecule has 0 saturated heterocycles. The summed E-state index contributed by atoms with van der Waals surface area (Å²) < 4.78 is 1.86. The van der Waals surface area contributed by atoms with Crippen LogP contribution in [-0.2, 0) is 6.54 Å². The van der Waals surface area contributed by atoms with E-state index in [1.807, 2.05) is 22.9 Å². The summed E-state index contributed by atoms with van der Waals surface area (Å²) >= 11 is 0. The van der Waals surface area contributed by atoms with Crippen molar-refractivity contribution < 1.29 is 0 Å². The van der Waals surface area contributed by atoms with Gasteiger partial charge in [-0.15, -0.1) is 0 Å². The van der Waals surface area contributed by atoms with E-state index in [1.54, 1.807) is 24.9 Å². The molecule has 22 heavy (non-hydrogen) atoms. The van der Waals surface area contributed by atoms with Gasteiger partial charge in [-0.2, -0.15) is 5.10 Å². The molecule has 0 amide bonds. The SMILES string of the molecule is c1cn(-c2cc(CNc3ncnc4[nH]ncc34)ccn2)cn1. The molecule has 4 rings (SSSR count). The van der Waals surface area contributed by atoms with Gasteiger partial charge in [0.2, 0.25) is 0 Å². The van der Waals surface area contributed by atoms with Crippen LogP contribution < -0.4 is 5.32 Å². The normalized spacial score (nSPS) is 10.9. The molecule has 0 spiro atoms. The van der Waals surface area contributed by atoms with E-state index in [1.165, 1.54) is 6.33 Å². The molecule has 4 aromatic heterocycles. The topological polar surface area (TPSA) is 97.2 Å². The number of fused-ring (bicyclic) bond motifs is 1. The van der Waals surface area contributed by atoms with Crippen LogP contribution in [0.4, 0.5) is 5.82 Å². The molecule has 108 valence electrons. The first kappa shape index (κ1) is 12.5. The van der Waals surface area contributed by atoms with Crippen LogP contribution in [0.5, 0.6) is 0 Å². The summed E-state index contributed by atoms with van der Waals surface area (Å²) in [6.45, 7) is 0.626. The molecule has 0 bridgehead atoms. The van der Waals surface area contributed by atoms with Crippen LogP contribution in [0.1, 0.15) is 5.56 Å². The zero-order chi connectivity index (χ0) is 14.8. The van der Waals surface area contributed by atoms with Crippen LogP contribution >= 0.6 is 0 Å². The van der Waals surface area contributed by atoms with Gasteiger partial charge < -0.3 is 5.32 Å². The lowest BCUT2D eigenvalue weighted by atomic mass is 10.2. The largest absolute Gasteiger partial charge is 0.365 e. The second-order valence-corrected chi connectivity index (χ2v) is 4.70. The van der Waals surface area contributed by atoms with Crippen LogP contribution in [0, 0.1) is 0 Å². The van der Waals surface area contributed by atoms with Gasteiger partial charge in [0.15, 0.2) is 5.65 Å². The molecule has 0 saturated carbocycles. The van der Waals surface area contributed by atoms with E-state index >= 15 is 0 Å². The molecule has 4 aromatic rings. The van der Waals surface area contributed by atoms with Gasteiger partial charge in [0.1, 0.15) is 24.3 Å². The summed E-state index contributed by atoms with van der Waals surface area (Å²) in [5.74, 6) is 1.58. The number of H-pyrrole nitrogens is 1. The average molecular weight is 292 g/mol. The molecule has 4 heterocycles. The maximum absolute atomic E-state index is 4.33. The van der Waals surface area contributed by atoms with Crippen LogP contribution in [0.3, 0.4) is 0 Å². The third kappa shape index (κ3) is 2.26. The highest BCUT2D eigenvalue weighted by Gasteiger charge is 2.05. The van der Waals surface area contributed by atoms with Gasteiger partial charge in [-0.05, 0) is 17.7 Å². The highest BCUT2D eigenvalue weighted by Crippen LogP contribution is 2.17. The van der Waals surface area contributed by atoms with E-state index in [2.05, 4.69) is 35.5 Å². The molecule has 8 heteroatoms. The number of pyridine rings is 1. The lowest BCUT2D eigenvalue weighted by Crippen LogP contribution is -2.04. The summed E-state index contributed by atoms with van der Waals surface area (Å²) in [7, 11) is 0. The van der Waals surface area contributed by atoms with Crippen LogP contribution in [-0.4, -0.2) is 34.7 Å². The zero-order valence-electron chi connectivity index (χ0n) is 11.5. The predicted molar refractivity (Wildman–Crippen MR) is 80.4 cm³/mol. The van der Waals surface area contributed by atoms with E-state index in [4.69, 9.17) is 0 Å². The molecule has 0 aliphatic heterocycles. The monoisotopic (exact) mass is 292 g/mol. The fourth-order valence-corrected chi connectivity index (χ4v) is 2.20. The molecule has 0 aliphatic carbocycles. The van der Waals surface area contributed by atoms with Crippen LogP contribution in [0.2, 0.25) is 0 Å². The predicted octanol–water partition coefficient (Wildman–Crippen LogP) is 1.55. The number of rotatable bonds is 4. The van der Waals surface area contributed by atoms with E-state index < -0.39 is 0 Å². The molecule has 0 unspecified atom stereocenters. The molecular weight excluding hydrogens is 280 g/mol. The number of aromatic amines is 1. The highest BCUT2D eigenvalue weighted by atomic mass is 15.2. The number of nitrogens with zero attached hydrogens (tertiary/aromatic N) is 6. The van der Waals surface area contributed by atoms with Gasteiger partial charge in [0, 0.05) is 25.1 Å². The summed E-state index contributed by atoms with van der Waals surface area (Å²) in [6.07, 6.45) is 10.3. The van der Waals surface area contributed by atoms with Crippen molar-refractivity contribution >= 4 is 16.9 Å². The molecule has 8 nitrogen and oxygen atoms in total. The van der Waals surface area contributed by atoms with E-state index in [0.29, 0.717) is 12.2 Å². The number of nitrogens with one attached hydrogen (secondary N) is 2. The Morgan fingerprint density at radius 2 is 2.18 bits per heavy atom. The van der Waals surface area contributed by atoms with Crippen LogP contribution in [0.15, 0.2) is 49.6 Å². The summed E-state index contributed by atoms with van der Waals surface area (Å²) in [4.78, 5) is 16.7. The summed E-state index contributed by atoms with van der Waals surface area (Å²) in [5, 5.41) is 11.0. The molecule has 0 aliphatic rings. The minimum Gasteiger partial charge on any atom is -0.365 e. The second kappa shape index (κ2) is 5.24. The Kier molecular flexibility index (Phi) is 2.97. The first-order valence-corrected chi connectivity index (χ1v) is 6.71. The minimum atomic E-state index is 0.626. The second-order valence-electron chi connectivity index (χ2n) is 4.70. The third-order valence-corrected chi connectivity index (χ3v) is 3.29. The molecule has 0 aromatic carbocycles. The number of hydrogen-bond donors (Lipinski definition) is 2. The van der Waals surface area contributed by atoms with Gasteiger partial charge in [-0.1, -0.05) is 0 Å². The number of aromatic nitrogens is 7. The van der Waals surface area contributed by atoms with Crippen molar-refractivity contribution in [2.24, 2.45) is 0 Å². The molecule has 0 radical (unpaired) electrons. The quantitative estimate of drug-likeness (QED) is 0.592. The Bertz CT molecular complexity index is 896. The van der Waals surface area contributed by atoms with Crippen molar-refractivity contribution in [1.29, 1.82) is 0 Å². The van der Waals surface area contributed by atoms with Crippen molar-refractivity contribution in [3.63, 3.8) is 0 Å². The fourth-order valence-electron chi connectivity index (χ4n) is 2.20. The summed E-state index contributed by atoms with van der Waals surface area (Å²) in [6, 6.07) is 3.96. The molecule has 0 fully saturated rings. The van der Waals surface area contributed by atoms with Gasteiger partial charge in [-0.25, -0.2) is 19.9 Å². The van der Waals surface area contributed by atoms with Crippen molar-refractivity contribution in [2.75, 3.05) is 5.32 Å². The first-order valence-electron chi connectivity index (χ1n) is 6.71. The van der Waals surface area contributed by atoms with Crippen LogP contribution in [0.25, 0.3) is 16.9 Å². The Hall–Kier alpha value is -3.29. The Morgan fingerprint density at radius 3 is 3.09 bits per heavy atom. The van der Waals surface area contributed by atoms with Crippen molar-refractivity contribution in [2.45, 2.75) is 6.54 Å². The first-order chi connectivity index (χ1) is 10.9. The van der Waals surface area contributed by atoms with Gasteiger partial charge in [-0.3, -0.25) is 9.67 Å². The fraction of sp³-hybridized carbons (Fsp3) is 0.0714. The minimum absolute atomic E-state index is 0.626. The third-order valence-electron chi connectivity index (χ3n) is 3.29. The van der Waals surface area contributed by atoms with E-state index in [9.17, 15) is 0 Å². The lowest BCUT2D eigenvalue weighted by Gasteiger charge is -2.08. The smallest absolute Gasteiger partial charge is 0.160 e. The van der Waals surface area contributed by atoms with Gasteiger partial charge >= 0.3 is 0 Å². The highest BCUT2D eigenvalue weighted by molar-refractivity contribution is 5.85. The van der Waals surface area contributed by atoms with Crippen molar-refractivity contribution in [3.05, 3.63) is 55.1 Å². The number of imidazole rings is 1. The Morgan fingerprint density at radius 1 is 1.18 bits per heavy atom. The maximum Gasteiger partial charge on any atom is 0.160 e. The standard InChI is InChI=1S/C14H12N8/c1-2-16-12(22-4-3-15-9-22)5-10(1)6-17-13-11-7-20-21-14(11)19-8-18-13/h1-5,7-9H,6H2,(H2,17,18,19,20,21). The maximum atomic E-state index is 4.33. The lowest BCUT2D eigenvalue weighted by molar-refractivity contribution is 0.977. The molecule has 0 atom stereocenters.